The van der Waals surface area contributed by atoms with E-state index in [9.17, 15) is 5.11 Å². The van der Waals surface area contributed by atoms with E-state index in [1.807, 2.05) is 0 Å². The van der Waals surface area contributed by atoms with Gasteiger partial charge in [-0.25, -0.2) is 0 Å². The smallest absolute Gasteiger partial charge is 0.0540 e. The molecule has 0 aromatic heterocycles. The zero-order valence-electron chi connectivity index (χ0n) is 10.4. The highest BCUT2D eigenvalue weighted by Gasteiger charge is 2.12. The van der Waals surface area contributed by atoms with E-state index in [1.54, 1.807) is 0 Å². The van der Waals surface area contributed by atoms with Gasteiger partial charge >= 0.3 is 0 Å². The second-order valence-corrected chi connectivity index (χ2v) is 4.74. The molecule has 0 fully saturated rings. The van der Waals surface area contributed by atoms with Crippen LogP contribution in [0.1, 0.15) is 66.2 Å². The molecule has 0 rings (SSSR count). The average Bonchev–Trinajstić information content (AvgIpc) is 2.21. The summed E-state index contributed by atoms with van der Waals surface area (Å²) in [5.41, 5.74) is 0. The molecule has 0 spiro atoms. The maximum absolute atomic E-state index is 9.68. The lowest BCUT2D eigenvalue weighted by Gasteiger charge is -2.19. The van der Waals surface area contributed by atoms with Gasteiger partial charge in [0.25, 0.3) is 0 Å². The van der Waals surface area contributed by atoms with Gasteiger partial charge in [0.15, 0.2) is 0 Å². The first-order valence-electron chi connectivity index (χ1n) is 6.29. The quantitative estimate of drug-likeness (QED) is 0.628. The van der Waals surface area contributed by atoms with Gasteiger partial charge in [-0.05, 0) is 31.1 Å². The Labute approximate surface area is 89.9 Å². The highest BCUT2D eigenvalue weighted by atomic mass is 16.3. The summed E-state index contributed by atoms with van der Waals surface area (Å²) in [6.07, 6.45) is 6.72. The molecule has 86 valence electrons. The Morgan fingerprint density at radius 2 is 1.57 bits per heavy atom. The van der Waals surface area contributed by atoms with E-state index >= 15 is 0 Å². The van der Waals surface area contributed by atoms with Crippen LogP contribution in [0, 0.1) is 11.8 Å². The minimum atomic E-state index is -0.0542. The molecule has 0 saturated carbocycles. The first kappa shape index (κ1) is 14.0. The van der Waals surface area contributed by atoms with Gasteiger partial charge in [0.2, 0.25) is 0 Å². The Morgan fingerprint density at radius 1 is 0.929 bits per heavy atom. The molecule has 0 radical (unpaired) electrons. The Kier molecular flexibility index (Phi) is 8.26. The molecule has 0 saturated heterocycles. The zero-order chi connectivity index (χ0) is 11.0. The van der Waals surface area contributed by atoms with E-state index in [0.717, 1.165) is 24.7 Å². The maximum atomic E-state index is 9.68. The van der Waals surface area contributed by atoms with Crippen molar-refractivity contribution in [2.24, 2.45) is 11.8 Å². The largest absolute Gasteiger partial charge is 0.393 e. The summed E-state index contributed by atoms with van der Waals surface area (Å²) in [5.74, 6) is 1.56. The van der Waals surface area contributed by atoms with Crippen LogP contribution in [0.4, 0.5) is 0 Å². The van der Waals surface area contributed by atoms with Crippen LogP contribution in [0.3, 0.4) is 0 Å². The van der Waals surface area contributed by atoms with Crippen LogP contribution in [0.5, 0.6) is 0 Å². The summed E-state index contributed by atoms with van der Waals surface area (Å²) in [4.78, 5) is 0. The second-order valence-electron chi connectivity index (χ2n) is 4.74. The van der Waals surface area contributed by atoms with E-state index < -0.39 is 0 Å². The summed E-state index contributed by atoms with van der Waals surface area (Å²) in [6.45, 7) is 9.03. The van der Waals surface area contributed by atoms with Crippen LogP contribution in [0.15, 0.2) is 0 Å². The summed E-state index contributed by atoms with van der Waals surface area (Å²) >= 11 is 0. The molecule has 0 heterocycles. The van der Waals surface area contributed by atoms with Crippen LogP contribution in [-0.2, 0) is 0 Å². The molecule has 1 nitrogen and oxygen atoms in total. The standard InChI is InChI=1S/C13H28O/c1-5-7-8-13(14)10-9-12(4)11(3)6-2/h11-14H,5-10H2,1-4H3. The highest BCUT2D eigenvalue weighted by Crippen LogP contribution is 2.21. The fourth-order valence-electron chi connectivity index (χ4n) is 1.73. The molecular weight excluding hydrogens is 172 g/mol. The van der Waals surface area contributed by atoms with Crippen LogP contribution in [0.2, 0.25) is 0 Å². The van der Waals surface area contributed by atoms with Crippen molar-refractivity contribution in [3.8, 4) is 0 Å². The van der Waals surface area contributed by atoms with E-state index in [0.29, 0.717) is 0 Å². The lowest BCUT2D eigenvalue weighted by atomic mass is 9.88. The molecule has 0 aliphatic heterocycles. The van der Waals surface area contributed by atoms with E-state index in [1.165, 1.54) is 25.7 Å². The molecule has 0 aliphatic rings. The summed E-state index contributed by atoms with van der Waals surface area (Å²) in [5, 5.41) is 9.68. The topological polar surface area (TPSA) is 20.2 Å². The Hall–Kier alpha value is -0.0400. The van der Waals surface area contributed by atoms with Crippen LogP contribution >= 0.6 is 0 Å². The Bertz CT molecular complexity index is 122. The number of aliphatic hydroxyl groups excluding tert-OH is 1. The average molecular weight is 200 g/mol. The van der Waals surface area contributed by atoms with Crippen molar-refractivity contribution < 1.29 is 5.11 Å². The third-order valence-electron chi connectivity index (χ3n) is 3.46. The molecule has 1 N–H and O–H groups in total. The third kappa shape index (κ3) is 6.42. The van der Waals surface area contributed by atoms with E-state index in [4.69, 9.17) is 0 Å². The molecule has 0 amide bonds. The van der Waals surface area contributed by atoms with Crippen molar-refractivity contribution in [2.45, 2.75) is 72.3 Å². The molecule has 1 heteroatoms. The van der Waals surface area contributed by atoms with Gasteiger partial charge in [0, 0.05) is 0 Å². The predicted molar refractivity (Wildman–Crippen MR) is 63.4 cm³/mol. The highest BCUT2D eigenvalue weighted by molar-refractivity contribution is 4.64. The fraction of sp³-hybridized carbons (Fsp3) is 1.00. The number of hydrogen-bond donors (Lipinski definition) is 1. The first-order chi connectivity index (χ1) is 6.61. The lowest BCUT2D eigenvalue weighted by molar-refractivity contribution is 0.138. The zero-order valence-corrected chi connectivity index (χ0v) is 10.4. The van der Waals surface area contributed by atoms with Gasteiger partial charge in [-0.15, -0.1) is 0 Å². The molecule has 0 aliphatic carbocycles. The number of unbranched alkanes of at least 4 members (excludes halogenated alkanes) is 1. The molecule has 0 aromatic carbocycles. The minimum Gasteiger partial charge on any atom is -0.393 e. The third-order valence-corrected chi connectivity index (χ3v) is 3.46. The summed E-state index contributed by atoms with van der Waals surface area (Å²) in [6, 6.07) is 0. The van der Waals surface area contributed by atoms with E-state index in [2.05, 4.69) is 27.7 Å². The molecule has 14 heavy (non-hydrogen) atoms. The minimum absolute atomic E-state index is 0.0542. The van der Waals surface area contributed by atoms with Gasteiger partial charge in [-0.1, -0.05) is 47.0 Å². The summed E-state index contributed by atoms with van der Waals surface area (Å²) < 4.78 is 0. The molecule has 0 bridgehead atoms. The molecule has 3 unspecified atom stereocenters. The van der Waals surface area contributed by atoms with Crippen molar-refractivity contribution in [3.63, 3.8) is 0 Å². The lowest BCUT2D eigenvalue weighted by Crippen LogP contribution is -2.12. The Balaban J connectivity index is 3.50. The van der Waals surface area contributed by atoms with Gasteiger partial charge in [-0.2, -0.15) is 0 Å². The fourth-order valence-corrected chi connectivity index (χ4v) is 1.73. The molecule has 0 aromatic rings. The van der Waals surface area contributed by atoms with Crippen molar-refractivity contribution >= 4 is 0 Å². The number of hydrogen-bond acceptors (Lipinski definition) is 1. The van der Waals surface area contributed by atoms with Crippen molar-refractivity contribution in [1.29, 1.82) is 0 Å². The maximum Gasteiger partial charge on any atom is 0.0540 e. The van der Waals surface area contributed by atoms with Crippen molar-refractivity contribution in [3.05, 3.63) is 0 Å². The number of rotatable bonds is 8. The predicted octanol–water partition coefficient (Wildman–Crippen LogP) is 4.00. The van der Waals surface area contributed by atoms with E-state index in [-0.39, 0.29) is 6.10 Å². The van der Waals surface area contributed by atoms with Gasteiger partial charge in [0.1, 0.15) is 0 Å². The normalized spacial score (nSPS) is 17.8. The van der Waals surface area contributed by atoms with Crippen molar-refractivity contribution in [2.75, 3.05) is 0 Å². The monoisotopic (exact) mass is 200 g/mol. The number of aliphatic hydroxyl groups is 1. The van der Waals surface area contributed by atoms with Crippen LogP contribution < -0.4 is 0 Å². The van der Waals surface area contributed by atoms with Crippen molar-refractivity contribution in [1.82, 2.24) is 0 Å². The van der Waals surface area contributed by atoms with Crippen LogP contribution in [-0.4, -0.2) is 11.2 Å². The van der Waals surface area contributed by atoms with Crippen LogP contribution in [0.25, 0.3) is 0 Å². The SMILES string of the molecule is CCCCC(O)CCC(C)C(C)CC. The Morgan fingerprint density at radius 3 is 2.07 bits per heavy atom. The van der Waals surface area contributed by atoms with Gasteiger partial charge < -0.3 is 5.11 Å². The second kappa shape index (κ2) is 8.28. The molecular formula is C13H28O. The van der Waals surface area contributed by atoms with Gasteiger partial charge in [-0.3, -0.25) is 0 Å². The first-order valence-corrected chi connectivity index (χ1v) is 6.29. The van der Waals surface area contributed by atoms with Gasteiger partial charge in [0.05, 0.1) is 6.10 Å². The molecule has 3 atom stereocenters. The summed E-state index contributed by atoms with van der Waals surface area (Å²) in [7, 11) is 0.